The molecule has 0 unspecified atom stereocenters. The lowest BCUT2D eigenvalue weighted by Crippen LogP contribution is -0.381. The fraction of sp³-hybridized carbons (Fsp3) is 0. The highest BCUT2D eigenvalue weighted by atomic mass is 79.9. The Morgan fingerprint density at radius 1 is 0.250 bits per heavy atom. The maximum Gasteiger partial charge on any atom is 0.316 e. The molecule has 0 fully saturated rings. The predicted octanol–water partition coefficient (Wildman–Crippen LogP) is 3.13. The maximum atomic E-state index is 0. The van der Waals surface area contributed by atoms with Gasteiger partial charge < -0.3 is 0 Å². The van der Waals surface area contributed by atoms with Crippen LogP contribution in [0.25, 0.3) is 0 Å². The zero-order valence-corrected chi connectivity index (χ0v) is 14.8. The molecule has 0 aromatic rings. The van der Waals surface area contributed by atoms with E-state index in [2.05, 4.69) is 0 Å². The summed E-state index contributed by atoms with van der Waals surface area (Å²) in [6, 6.07) is 0. The van der Waals surface area contributed by atoms with Crippen molar-refractivity contribution in [2.45, 2.75) is 0 Å². The van der Waals surface area contributed by atoms with E-state index in [-0.39, 0.29) is 142 Å². The van der Waals surface area contributed by atoms with Gasteiger partial charge in [0.05, 0.1) is 0 Å². The van der Waals surface area contributed by atoms with E-state index in [0.717, 1.165) is 0 Å². The maximum absolute atomic E-state index is 0. The normalized spacial score (nSPS) is 0. The van der Waals surface area contributed by atoms with E-state index in [9.17, 15) is 0 Å². The number of halogens is 7. The third-order valence-corrected chi connectivity index (χ3v) is 0. The van der Waals surface area contributed by atoms with Crippen LogP contribution in [0.3, 0.4) is 0 Å². The molecule has 0 nitrogen and oxygen atoms in total. The van der Waals surface area contributed by atoms with Gasteiger partial charge in [-0.15, -0.1) is 119 Å². The molecule has 0 heterocycles. The summed E-state index contributed by atoms with van der Waals surface area (Å²) in [7, 11) is 0. The Kier molecular flexibility index (Phi) is 739. The molecule has 8 heteroatoms. The average molecular weight is 593 g/mol. The first-order valence-corrected chi connectivity index (χ1v) is 0. The van der Waals surface area contributed by atoms with Crippen molar-refractivity contribution < 1.29 is 0 Å². The lowest BCUT2D eigenvalue weighted by Gasteiger charge is -0.115. The molecule has 0 aromatic carbocycles. The predicted molar refractivity (Wildman–Crippen MR) is 80.8 cm³/mol. The van der Waals surface area contributed by atoms with E-state index in [4.69, 9.17) is 0 Å². The van der Waals surface area contributed by atoms with Crippen molar-refractivity contribution in [1.82, 2.24) is 0 Å². The molecular weight excluding hydrogens is 584 g/mol. The van der Waals surface area contributed by atoms with Crippen LogP contribution in [0.4, 0.5) is 0 Å². The second-order valence-corrected chi connectivity index (χ2v) is 0. The number of rotatable bonds is 0. The van der Waals surface area contributed by atoms with E-state index in [1.54, 1.807) is 0 Å². The monoisotopic (exact) mass is 585 g/mol. The third-order valence-electron chi connectivity index (χ3n) is 0. The summed E-state index contributed by atoms with van der Waals surface area (Å²) in [6.07, 6.45) is 0. The smallest absolute Gasteiger partial charge is 0.114 e. The Morgan fingerprint density at radius 3 is 0.250 bits per heavy atom. The van der Waals surface area contributed by atoms with Gasteiger partial charge in [-0.2, -0.15) is 0 Å². The molecule has 0 bridgehead atoms. The SMILES string of the molecule is Br.Br.Br.Br.Br.Br.Br.[MgH2]. The van der Waals surface area contributed by atoms with Crippen molar-refractivity contribution in [2.75, 3.05) is 0 Å². The molecule has 0 amide bonds. The van der Waals surface area contributed by atoms with Crippen molar-refractivity contribution in [3.8, 4) is 0 Å². The highest BCUT2D eigenvalue weighted by Gasteiger charge is 0.316. The Morgan fingerprint density at radius 2 is 0.250 bits per heavy atom. The molecular formula is H9Br7Mg. The summed E-state index contributed by atoms with van der Waals surface area (Å²) in [5.41, 5.74) is 0. The topological polar surface area (TPSA) is 0 Å². The van der Waals surface area contributed by atoms with Crippen molar-refractivity contribution in [1.29, 1.82) is 0 Å². The average Bonchev–Trinajstić information content (AvgIpc) is 0. The van der Waals surface area contributed by atoms with Gasteiger partial charge in [0, 0.05) is 0 Å². The zero-order chi connectivity index (χ0) is 0. The van der Waals surface area contributed by atoms with Crippen molar-refractivity contribution in [2.24, 2.45) is 0 Å². The molecule has 0 radical (unpaired) electrons. The Balaban J connectivity index is 0. The second kappa shape index (κ2) is 67.0. The zero-order valence-electron chi connectivity index (χ0n) is 2.86. The standard InChI is InChI=1S/7BrH.Mg.2H/h7*1H;;;. The van der Waals surface area contributed by atoms with Crippen LogP contribution >= 0.6 is 119 Å². The van der Waals surface area contributed by atoms with Crippen molar-refractivity contribution in [3.05, 3.63) is 0 Å². The lowest BCUT2D eigenvalue weighted by atomic mass is 24.3. The fourth-order valence-electron chi connectivity index (χ4n) is 0. The molecule has 0 saturated heterocycles. The summed E-state index contributed by atoms with van der Waals surface area (Å²) in [6.45, 7) is 0. The molecule has 0 aromatic heterocycles. The molecule has 0 saturated carbocycles. The largest absolute Gasteiger partial charge is 0.316 e. The minimum atomic E-state index is 0. The van der Waals surface area contributed by atoms with Crippen molar-refractivity contribution >= 4 is 142 Å². The van der Waals surface area contributed by atoms with Crippen LogP contribution in [0, 0.1) is 0 Å². The Hall–Kier alpha value is 4.13. The van der Waals surface area contributed by atoms with Gasteiger partial charge in [-0.05, 0) is 0 Å². The van der Waals surface area contributed by atoms with Crippen LogP contribution in [0.2, 0.25) is 0 Å². The van der Waals surface area contributed by atoms with Gasteiger partial charge >= 0.3 is 23.1 Å². The molecule has 0 aliphatic heterocycles. The van der Waals surface area contributed by atoms with Gasteiger partial charge in [0.2, 0.25) is 0 Å². The van der Waals surface area contributed by atoms with Crippen molar-refractivity contribution in [3.63, 3.8) is 0 Å². The molecule has 0 aliphatic rings. The van der Waals surface area contributed by atoms with E-state index >= 15 is 0 Å². The first kappa shape index (κ1) is 88.2. The third kappa shape index (κ3) is 49.5. The van der Waals surface area contributed by atoms with E-state index < -0.39 is 0 Å². The second-order valence-electron chi connectivity index (χ2n) is 0. The molecule has 0 atom stereocenters. The number of hydrogen-bond acceptors (Lipinski definition) is 0. The van der Waals surface area contributed by atoms with Crippen LogP contribution in [-0.4, -0.2) is 23.1 Å². The Bertz CT molecular complexity index is 4.35. The first-order valence-electron chi connectivity index (χ1n) is 0. The molecule has 60 valence electrons. The fourth-order valence-corrected chi connectivity index (χ4v) is 0. The molecule has 0 rings (SSSR count). The molecule has 0 spiro atoms. The summed E-state index contributed by atoms with van der Waals surface area (Å²) < 4.78 is 0. The minimum absolute atomic E-state index is 0. The lowest BCUT2D eigenvalue weighted by molar-refractivity contribution is 5.75. The highest BCUT2D eigenvalue weighted by Crippen LogP contribution is 0.852. The van der Waals surface area contributed by atoms with Gasteiger partial charge in [0.1, 0.15) is 0 Å². The summed E-state index contributed by atoms with van der Waals surface area (Å²) in [5.74, 6) is 0. The molecule has 0 aliphatic carbocycles. The number of hydrogen-bond donors (Lipinski definition) is 0. The minimum Gasteiger partial charge on any atom is -0.114 e. The van der Waals surface area contributed by atoms with Gasteiger partial charge in [-0.3, -0.25) is 0 Å². The van der Waals surface area contributed by atoms with E-state index in [0.29, 0.717) is 0 Å². The quantitative estimate of drug-likeness (QED) is 0.380. The van der Waals surface area contributed by atoms with Crippen LogP contribution < -0.4 is 0 Å². The van der Waals surface area contributed by atoms with Crippen LogP contribution in [-0.2, 0) is 0 Å². The van der Waals surface area contributed by atoms with E-state index in [1.807, 2.05) is 0 Å². The summed E-state index contributed by atoms with van der Waals surface area (Å²) in [4.78, 5) is 0. The van der Waals surface area contributed by atoms with E-state index in [1.165, 1.54) is 0 Å². The Labute approximate surface area is 139 Å². The molecule has 8 heavy (non-hydrogen) atoms. The van der Waals surface area contributed by atoms with Gasteiger partial charge in [-0.1, -0.05) is 0 Å². The van der Waals surface area contributed by atoms with Crippen LogP contribution in [0.5, 0.6) is 0 Å². The first-order chi connectivity index (χ1) is 0. The van der Waals surface area contributed by atoms with Gasteiger partial charge in [-0.25, -0.2) is 0 Å². The van der Waals surface area contributed by atoms with Crippen LogP contribution in [0.1, 0.15) is 0 Å². The van der Waals surface area contributed by atoms with Gasteiger partial charge in [0.15, 0.2) is 0 Å². The highest BCUT2D eigenvalue weighted by molar-refractivity contribution is 8.93. The van der Waals surface area contributed by atoms with Crippen LogP contribution in [0.15, 0.2) is 0 Å². The summed E-state index contributed by atoms with van der Waals surface area (Å²) >= 11 is 0. The molecule has 0 N–H and O–H groups in total. The summed E-state index contributed by atoms with van der Waals surface area (Å²) in [5, 5.41) is 0. The van der Waals surface area contributed by atoms with Gasteiger partial charge in [0.25, 0.3) is 0 Å².